The van der Waals surface area contributed by atoms with Gasteiger partial charge < -0.3 is 5.32 Å². The molecule has 19 heavy (non-hydrogen) atoms. The molecule has 0 spiro atoms. The van der Waals surface area contributed by atoms with Gasteiger partial charge in [0.05, 0.1) is 0 Å². The second-order valence-corrected chi connectivity index (χ2v) is 6.93. The molecule has 0 fully saturated rings. The molecule has 108 valence electrons. The molecule has 1 heteroatoms. The number of rotatable bonds is 4. The maximum atomic E-state index is 3.76. The van der Waals surface area contributed by atoms with Crippen LogP contribution in [0, 0.1) is 33.1 Å². The Labute approximate surface area is 119 Å². The Bertz CT molecular complexity index is 412. The highest BCUT2D eigenvalue weighted by Crippen LogP contribution is 2.38. The molecule has 0 radical (unpaired) electrons. The van der Waals surface area contributed by atoms with Crippen molar-refractivity contribution in [2.75, 3.05) is 6.54 Å². The van der Waals surface area contributed by atoms with Crippen LogP contribution in [0.1, 0.15) is 68.0 Å². The zero-order valence-corrected chi connectivity index (χ0v) is 14.1. The van der Waals surface area contributed by atoms with Crippen LogP contribution in [-0.2, 0) is 0 Å². The lowest BCUT2D eigenvalue weighted by Gasteiger charge is -2.35. The summed E-state index contributed by atoms with van der Waals surface area (Å²) in [7, 11) is 0. The first-order valence-electron chi connectivity index (χ1n) is 7.50. The Morgan fingerprint density at radius 3 is 1.84 bits per heavy atom. The van der Waals surface area contributed by atoms with Crippen LogP contribution in [-0.4, -0.2) is 6.54 Å². The van der Waals surface area contributed by atoms with Gasteiger partial charge in [-0.2, -0.15) is 0 Å². The maximum Gasteiger partial charge on any atom is 0.0374 e. The molecule has 0 bridgehead atoms. The lowest BCUT2D eigenvalue weighted by atomic mass is 9.77. The van der Waals surface area contributed by atoms with Crippen molar-refractivity contribution >= 4 is 0 Å². The van der Waals surface area contributed by atoms with Crippen LogP contribution in [0.15, 0.2) is 6.07 Å². The third-order valence-corrected chi connectivity index (χ3v) is 4.18. The summed E-state index contributed by atoms with van der Waals surface area (Å²) >= 11 is 0. The van der Waals surface area contributed by atoms with E-state index in [2.05, 4.69) is 66.8 Å². The molecule has 1 atom stereocenters. The third-order valence-electron chi connectivity index (χ3n) is 4.18. The molecule has 0 heterocycles. The van der Waals surface area contributed by atoms with Gasteiger partial charge in [-0.1, -0.05) is 33.8 Å². The van der Waals surface area contributed by atoms with Gasteiger partial charge in [-0.05, 0) is 73.9 Å². The smallest absolute Gasteiger partial charge is 0.0374 e. The molecule has 0 aliphatic rings. The summed E-state index contributed by atoms with van der Waals surface area (Å²) < 4.78 is 0. The second kappa shape index (κ2) is 6.09. The summed E-state index contributed by atoms with van der Waals surface area (Å²) in [5, 5.41) is 3.76. The van der Waals surface area contributed by atoms with Crippen molar-refractivity contribution in [3.05, 3.63) is 33.9 Å². The molecule has 1 aromatic carbocycles. The van der Waals surface area contributed by atoms with E-state index in [0.29, 0.717) is 6.04 Å². The number of benzene rings is 1. The fourth-order valence-electron chi connectivity index (χ4n) is 2.81. The van der Waals surface area contributed by atoms with E-state index in [-0.39, 0.29) is 5.41 Å². The molecule has 0 aromatic heterocycles. The van der Waals surface area contributed by atoms with Gasteiger partial charge in [0.15, 0.2) is 0 Å². The molecular weight excluding hydrogens is 230 g/mol. The van der Waals surface area contributed by atoms with Crippen LogP contribution >= 0.6 is 0 Å². The molecule has 0 saturated heterocycles. The molecule has 1 rings (SSSR count). The van der Waals surface area contributed by atoms with E-state index in [4.69, 9.17) is 0 Å². The molecule has 0 amide bonds. The van der Waals surface area contributed by atoms with Crippen molar-refractivity contribution < 1.29 is 0 Å². The van der Waals surface area contributed by atoms with Gasteiger partial charge in [0.25, 0.3) is 0 Å². The lowest BCUT2D eigenvalue weighted by molar-refractivity contribution is 0.271. The fraction of sp³-hybridized carbons (Fsp3) is 0.667. The van der Waals surface area contributed by atoms with Gasteiger partial charge in [0, 0.05) is 6.04 Å². The molecule has 0 aliphatic carbocycles. The Morgan fingerprint density at radius 1 is 1.00 bits per heavy atom. The highest BCUT2D eigenvalue weighted by atomic mass is 14.9. The van der Waals surface area contributed by atoms with Gasteiger partial charge in [-0.3, -0.25) is 0 Å². The summed E-state index contributed by atoms with van der Waals surface area (Å²) in [4.78, 5) is 0. The van der Waals surface area contributed by atoms with Crippen LogP contribution in [0.25, 0.3) is 0 Å². The average Bonchev–Trinajstić information content (AvgIpc) is 2.29. The SMILES string of the molecule is CCCNC(c1c(C)c(C)cc(C)c1C)C(C)(C)C. The zero-order chi connectivity index (χ0) is 14.8. The standard InChI is InChI=1S/C18H31N/c1-9-10-19-17(18(6,7)8)16-14(4)12(2)11-13(3)15(16)5/h11,17,19H,9-10H2,1-8H3. The maximum absolute atomic E-state index is 3.76. The number of aryl methyl sites for hydroxylation is 2. The minimum absolute atomic E-state index is 0.227. The lowest BCUT2D eigenvalue weighted by Crippen LogP contribution is -2.34. The molecule has 0 saturated carbocycles. The van der Waals surface area contributed by atoms with Crippen molar-refractivity contribution in [3.63, 3.8) is 0 Å². The number of nitrogens with one attached hydrogen (secondary N) is 1. The van der Waals surface area contributed by atoms with Crippen molar-refractivity contribution in [1.82, 2.24) is 5.32 Å². The van der Waals surface area contributed by atoms with E-state index >= 15 is 0 Å². The van der Waals surface area contributed by atoms with E-state index < -0.39 is 0 Å². The largest absolute Gasteiger partial charge is 0.309 e. The van der Waals surface area contributed by atoms with Gasteiger partial charge in [-0.25, -0.2) is 0 Å². The van der Waals surface area contributed by atoms with E-state index in [1.54, 1.807) is 0 Å². The Hall–Kier alpha value is -0.820. The number of hydrogen-bond donors (Lipinski definition) is 1. The van der Waals surface area contributed by atoms with Crippen LogP contribution < -0.4 is 5.32 Å². The summed E-state index contributed by atoms with van der Waals surface area (Å²) in [6.45, 7) is 19.3. The topological polar surface area (TPSA) is 12.0 Å². The first-order chi connectivity index (χ1) is 8.70. The molecule has 1 nitrogen and oxygen atoms in total. The third kappa shape index (κ3) is 3.60. The fourth-order valence-corrected chi connectivity index (χ4v) is 2.81. The minimum atomic E-state index is 0.227. The first kappa shape index (κ1) is 16.2. The van der Waals surface area contributed by atoms with E-state index in [9.17, 15) is 0 Å². The molecular formula is C18H31N. The van der Waals surface area contributed by atoms with E-state index in [1.165, 1.54) is 34.2 Å². The highest BCUT2D eigenvalue weighted by molar-refractivity contribution is 5.46. The van der Waals surface area contributed by atoms with Crippen LogP contribution in [0.3, 0.4) is 0 Å². The van der Waals surface area contributed by atoms with Gasteiger partial charge >= 0.3 is 0 Å². The van der Waals surface area contributed by atoms with E-state index in [1.807, 2.05) is 0 Å². The monoisotopic (exact) mass is 261 g/mol. The molecule has 0 aliphatic heterocycles. The highest BCUT2D eigenvalue weighted by Gasteiger charge is 2.28. The van der Waals surface area contributed by atoms with Crippen LogP contribution in [0.5, 0.6) is 0 Å². The summed E-state index contributed by atoms with van der Waals surface area (Å²) in [6, 6.07) is 2.74. The quantitative estimate of drug-likeness (QED) is 0.803. The first-order valence-corrected chi connectivity index (χ1v) is 7.50. The molecule has 1 aromatic rings. The van der Waals surface area contributed by atoms with Crippen LogP contribution in [0.2, 0.25) is 0 Å². The van der Waals surface area contributed by atoms with Crippen molar-refractivity contribution in [2.45, 2.75) is 67.9 Å². The van der Waals surface area contributed by atoms with E-state index in [0.717, 1.165) is 6.54 Å². The molecule has 1 unspecified atom stereocenters. The number of hydrogen-bond acceptors (Lipinski definition) is 1. The van der Waals surface area contributed by atoms with Gasteiger partial charge in [0.2, 0.25) is 0 Å². The van der Waals surface area contributed by atoms with Crippen molar-refractivity contribution in [1.29, 1.82) is 0 Å². The normalized spacial score (nSPS) is 13.7. The van der Waals surface area contributed by atoms with Crippen molar-refractivity contribution in [2.24, 2.45) is 5.41 Å². The minimum Gasteiger partial charge on any atom is -0.309 e. The Balaban J connectivity index is 3.37. The van der Waals surface area contributed by atoms with Crippen LogP contribution in [0.4, 0.5) is 0 Å². The zero-order valence-electron chi connectivity index (χ0n) is 14.1. The Morgan fingerprint density at radius 2 is 1.47 bits per heavy atom. The van der Waals surface area contributed by atoms with Gasteiger partial charge in [0.1, 0.15) is 0 Å². The average molecular weight is 261 g/mol. The second-order valence-electron chi connectivity index (χ2n) is 6.93. The van der Waals surface area contributed by atoms with Gasteiger partial charge in [-0.15, -0.1) is 0 Å². The van der Waals surface area contributed by atoms with Crippen molar-refractivity contribution in [3.8, 4) is 0 Å². The summed E-state index contributed by atoms with van der Waals surface area (Å²) in [5.41, 5.74) is 7.46. The molecule has 1 N–H and O–H groups in total. The summed E-state index contributed by atoms with van der Waals surface area (Å²) in [6.07, 6.45) is 1.18. The predicted octanol–water partition coefficient (Wildman–Crippen LogP) is 5.01. The predicted molar refractivity (Wildman–Crippen MR) is 85.9 cm³/mol. The summed E-state index contributed by atoms with van der Waals surface area (Å²) in [5.74, 6) is 0. The Kier molecular flexibility index (Phi) is 5.20.